The summed E-state index contributed by atoms with van der Waals surface area (Å²) >= 11 is 0. The summed E-state index contributed by atoms with van der Waals surface area (Å²) in [6.45, 7) is 0. The molecule has 0 aliphatic rings. The smallest absolute Gasteiger partial charge is 0.276 e. The fourth-order valence-corrected chi connectivity index (χ4v) is 1.64. The molecular formula is C15H10N4O. The van der Waals surface area contributed by atoms with Gasteiger partial charge in [-0.15, -0.1) is 0 Å². The second kappa shape index (κ2) is 5.64. The molecule has 0 aliphatic carbocycles. The molecule has 0 saturated heterocycles. The van der Waals surface area contributed by atoms with E-state index in [9.17, 15) is 4.79 Å². The zero-order valence-electron chi connectivity index (χ0n) is 10.7. The van der Waals surface area contributed by atoms with E-state index in [2.05, 4.69) is 4.98 Å². The molecule has 2 aromatic rings. The van der Waals surface area contributed by atoms with E-state index in [1.54, 1.807) is 37.4 Å². The molecule has 0 unspecified atom stereocenters. The lowest BCUT2D eigenvalue weighted by Gasteiger charge is -2.16. The Morgan fingerprint density at radius 3 is 2.15 bits per heavy atom. The van der Waals surface area contributed by atoms with E-state index in [0.717, 1.165) is 0 Å². The number of aromatic nitrogens is 1. The maximum absolute atomic E-state index is 12.2. The van der Waals surface area contributed by atoms with E-state index in [1.165, 1.54) is 17.2 Å². The molecule has 1 aromatic heterocycles. The third-order valence-corrected chi connectivity index (χ3v) is 2.80. The molecule has 2 rings (SSSR count). The zero-order valence-corrected chi connectivity index (χ0v) is 10.7. The van der Waals surface area contributed by atoms with E-state index in [-0.39, 0.29) is 11.6 Å². The van der Waals surface area contributed by atoms with Gasteiger partial charge in [0.15, 0.2) is 0 Å². The maximum atomic E-state index is 12.2. The summed E-state index contributed by atoms with van der Waals surface area (Å²) in [5.74, 6) is -0.279. The fourth-order valence-electron chi connectivity index (χ4n) is 1.64. The third-order valence-electron chi connectivity index (χ3n) is 2.80. The first-order chi connectivity index (χ1) is 9.65. The highest BCUT2D eigenvalue weighted by Crippen LogP contribution is 2.15. The minimum atomic E-state index is -0.279. The van der Waals surface area contributed by atoms with Crippen LogP contribution in [0.5, 0.6) is 0 Å². The predicted octanol–water partition coefficient (Wildman–Crippen LogP) is 2.10. The summed E-state index contributed by atoms with van der Waals surface area (Å²) in [6, 6.07) is 13.7. The van der Waals surface area contributed by atoms with E-state index in [0.29, 0.717) is 16.8 Å². The van der Waals surface area contributed by atoms with Crippen LogP contribution < -0.4 is 4.90 Å². The lowest BCUT2D eigenvalue weighted by atomic mass is 10.2. The van der Waals surface area contributed by atoms with Crippen molar-refractivity contribution >= 4 is 11.6 Å². The van der Waals surface area contributed by atoms with Crippen molar-refractivity contribution in [2.75, 3.05) is 11.9 Å². The molecule has 0 spiro atoms. The van der Waals surface area contributed by atoms with E-state index in [4.69, 9.17) is 10.5 Å². The molecule has 0 saturated carbocycles. The van der Waals surface area contributed by atoms with E-state index in [1.807, 2.05) is 12.1 Å². The van der Waals surface area contributed by atoms with Crippen LogP contribution in [0.15, 0.2) is 42.6 Å². The molecule has 1 amide bonds. The van der Waals surface area contributed by atoms with Crippen molar-refractivity contribution < 1.29 is 4.79 Å². The second-order valence-electron chi connectivity index (χ2n) is 4.07. The van der Waals surface area contributed by atoms with Gasteiger partial charge in [-0.2, -0.15) is 10.5 Å². The highest BCUT2D eigenvalue weighted by Gasteiger charge is 2.14. The number of nitriles is 2. The van der Waals surface area contributed by atoms with Crippen molar-refractivity contribution in [1.29, 1.82) is 10.5 Å². The van der Waals surface area contributed by atoms with Crippen LogP contribution in [-0.2, 0) is 0 Å². The first-order valence-electron chi connectivity index (χ1n) is 5.80. The molecule has 0 fully saturated rings. The molecule has 0 N–H and O–H groups in total. The number of benzene rings is 1. The van der Waals surface area contributed by atoms with Crippen molar-refractivity contribution in [3.05, 3.63) is 59.4 Å². The quantitative estimate of drug-likeness (QED) is 0.830. The molecule has 5 nitrogen and oxygen atoms in total. The Morgan fingerprint density at radius 2 is 1.65 bits per heavy atom. The number of amides is 1. The number of carbonyl (C=O) groups excluding carboxylic acids is 1. The summed E-state index contributed by atoms with van der Waals surface area (Å²) in [5.41, 5.74) is 1.87. The minimum Gasteiger partial charge on any atom is -0.310 e. The normalized spacial score (nSPS) is 9.35. The Kier molecular flexibility index (Phi) is 3.74. The average Bonchev–Trinajstić information content (AvgIpc) is 2.53. The molecule has 0 bridgehead atoms. The average molecular weight is 262 g/mol. The number of hydrogen-bond acceptors (Lipinski definition) is 4. The van der Waals surface area contributed by atoms with Crippen LogP contribution >= 0.6 is 0 Å². The fraction of sp³-hybridized carbons (Fsp3) is 0.0667. The van der Waals surface area contributed by atoms with Crippen LogP contribution in [-0.4, -0.2) is 17.9 Å². The van der Waals surface area contributed by atoms with Gasteiger partial charge < -0.3 is 4.90 Å². The Morgan fingerprint density at radius 1 is 1.05 bits per heavy atom. The van der Waals surface area contributed by atoms with Gasteiger partial charge in [-0.05, 0) is 36.4 Å². The predicted molar refractivity (Wildman–Crippen MR) is 72.8 cm³/mol. The van der Waals surface area contributed by atoms with Crippen LogP contribution in [0.2, 0.25) is 0 Å². The van der Waals surface area contributed by atoms with Gasteiger partial charge in [0.2, 0.25) is 0 Å². The standard InChI is InChI=1S/C15H10N4O/c1-19(13-5-2-11(8-16)3-6-13)15(20)14-7-4-12(9-17)10-18-14/h2-7,10H,1H3. The number of nitrogens with zero attached hydrogens (tertiary/aromatic N) is 4. The largest absolute Gasteiger partial charge is 0.310 e. The summed E-state index contributed by atoms with van der Waals surface area (Å²) in [4.78, 5) is 17.6. The second-order valence-corrected chi connectivity index (χ2v) is 4.07. The van der Waals surface area contributed by atoms with Gasteiger partial charge >= 0.3 is 0 Å². The molecule has 0 atom stereocenters. The van der Waals surface area contributed by atoms with Gasteiger partial charge in [0, 0.05) is 18.9 Å². The molecule has 96 valence electrons. The number of carbonyl (C=O) groups is 1. The van der Waals surface area contributed by atoms with Crippen LogP contribution in [0.1, 0.15) is 21.6 Å². The Labute approximate surface area is 116 Å². The summed E-state index contributed by atoms with van der Waals surface area (Å²) in [5, 5.41) is 17.4. The van der Waals surface area contributed by atoms with Gasteiger partial charge in [0.25, 0.3) is 5.91 Å². The molecule has 0 aliphatic heterocycles. The summed E-state index contributed by atoms with van der Waals surface area (Å²) in [7, 11) is 1.63. The van der Waals surface area contributed by atoms with E-state index < -0.39 is 0 Å². The van der Waals surface area contributed by atoms with Gasteiger partial charge in [0.1, 0.15) is 11.8 Å². The van der Waals surface area contributed by atoms with Gasteiger partial charge in [0.05, 0.1) is 17.2 Å². The zero-order chi connectivity index (χ0) is 14.5. The Bertz CT molecular complexity index is 706. The lowest BCUT2D eigenvalue weighted by molar-refractivity contribution is 0.0988. The third kappa shape index (κ3) is 2.63. The number of rotatable bonds is 2. The minimum absolute atomic E-state index is 0.260. The van der Waals surface area contributed by atoms with Crippen LogP contribution in [0.25, 0.3) is 0 Å². The Hall–Kier alpha value is -3.18. The first-order valence-corrected chi connectivity index (χ1v) is 5.80. The molecule has 1 aromatic carbocycles. The number of hydrogen-bond donors (Lipinski definition) is 0. The van der Waals surface area contributed by atoms with Crippen molar-refractivity contribution in [1.82, 2.24) is 4.98 Å². The van der Waals surface area contributed by atoms with E-state index >= 15 is 0 Å². The van der Waals surface area contributed by atoms with Crippen molar-refractivity contribution in [2.24, 2.45) is 0 Å². The lowest BCUT2D eigenvalue weighted by Crippen LogP contribution is -2.27. The molecular weight excluding hydrogens is 252 g/mol. The highest BCUT2D eigenvalue weighted by molar-refractivity contribution is 6.04. The van der Waals surface area contributed by atoms with Crippen LogP contribution in [0, 0.1) is 22.7 Å². The van der Waals surface area contributed by atoms with Crippen LogP contribution in [0.3, 0.4) is 0 Å². The molecule has 1 heterocycles. The van der Waals surface area contributed by atoms with Gasteiger partial charge in [-0.3, -0.25) is 4.79 Å². The number of pyridine rings is 1. The SMILES string of the molecule is CN(C(=O)c1ccc(C#N)cn1)c1ccc(C#N)cc1. The molecule has 20 heavy (non-hydrogen) atoms. The maximum Gasteiger partial charge on any atom is 0.276 e. The van der Waals surface area contributed by atoms with Crippen LogP contribution in [0.4, 0.5) is 5.69 Å². The van der Waals surface area contributed by atoms with Gasteiger partial charge in [-0.25, -0.2) is 4.98 Å². The first kappa shape index (κ1) is 13.3. The van der Waals surface area contributed by atoms with Gasteiger partial charge in [-0.1, -0.05) is 0 Å². The van der Waals surface area contributed by atoms with Crippen molar-refractivity contribution in [3.8, 4) is 12.1 Å². The van der Waals surface area contributed by atoms with Crippen molar-refractivity contribution in [2.45, 2.75) is 0 Å². The van der Waals surface area contributed by atoms with Crippen molar-refractivity contribution in [3.63, 3.8) is 0 Å². The number of anilines is 1. The summed E-state index contributed by atoms with van der Waals surface area (Å²) in [6.07, 6.45) is 1.36. The molecule has 0 radical (unpaired) electrons. The monoisotopic (exact) mass is 262 g/mol. The molecule has 5 heteroatoms. The highest BCUT2D eigenvalue weighted by atomic mass is 16.2. The Balaban J connectivity index is 2.23. The topological polar surface area (TPSA) is 80.8 Å². The summed E-state index contributed by atoms with van der Waals surface area (Å²) < 4.78 is 0.